The normalized spacial score (nSPS) is 13.8. The second-order valence-corrected chi connectivity index (χ2v) is 6.17. The minimum atomic E-state index is -0.432. The maximum atomic E-state index is 12.1. The zero-order valence-electron chi connectivity index (χ0n) is 14.4. The quantitative estimate of drug-likeness (QED) is 0.399. The van der Waals surface area contributed by atoms with E-state index in [0.717, 1.165) is 38.0 Å². The summed E-state index contributed by atoms with van der Waals surface area (Å²) in [5.41, 5.74) is 1.52. The van der Waals surface area contributed by atoms with Crippen molar-refractivity contribution in [3.63, 3.8) is 0 Å². The number of rotatable bonds is 7. The number of halogens is 1. The minimum absolute atomic E-state index is 0. The zero-order chi connectivity index (χ0) is 17.0. The fourth-order valence-electron chi connectivity index (χ4n) is 2.76. The number of likely N-dealkylation sites (N-methyl/N-ethyl adjacent to an activating group) is 1. The first-order valence-electron chi connectivity index (χ1n) is 7.85. The molecule has 1 aliphatic rings. The first-order valence-corrected chi connectivity index (χ1v) is 7.85. The van der Waals surface area contributed by atoms with E-state index in [4.69, 9.17) is 0 Å². The monoisotopic (exact) mass is 400 g/mol. The van der Waals surface area contributed by atoms with Gasteiger partial charge in [0.25, 0.3) is 5.69 Å². The molecule has 24 heavy (non-hydrogen) atoms. The molecule has 0 aromatic heterocycles. The van der Waals surface area contributed by atoms with Crippen LogP contribution in [-0.2, 0) is 4.79 Å². The Bertz CT molecular complexity index is 595. The van der Waals surface area contributed by atoms with Gasteiger partial charge in [0, 0.05) is 25.7 Å². The molecule has 0 radical (unpaired) electrons. The van der Waals surface area contributed by atoms with Crippen molar-refractivity contribution in [2.75, 3.05) is 50.6 Å². The van der Waals surface area contributed by atoms with Gasteiger partial charge in [-0.2, -0.15) is 0 Å². The topological polar surface area (TPSA) is 69.9 Å². The first kappa shape index (κ1) is 20.4. The summed E-state index contributed by atoms with van der Waals surface area (Å²) in [6, 6.07) is 4.73. The van der Waals surface area contributed by atoms with E-state index in [1.165, 1.54) is 17.0 Å². The molecule has 0 spiro atoms. The van der Waals surface area contributed by atoms with Crippen LogP contribution in [-0.4, -0.2) is 56.5 Å². The summed E-state index contributed by atoms with van der Waals surface area (Å²) in [6.07, 6.45) is 3.23. The van der Waals surface area contributed by atoms with Crippen LogP contribution in [0.2, 0.25) is 0 Å². The zero-order valence-corrected chi connectivity index (χ0v) is 16.1. The highest BCUT2D eigenvalue weighted by atomic mass is 79.9. The Kier molecular flexibility index (Phi) is 7.62. The molecular formula is C16H25BrN4O3. The van der Waals surface area contributed by atoms with Crippen LogP contribution in [0.5, 0.6) is 0 Å². The number of carbonyl (C=O) groups is 1. The number of amides is 1. The Labute approximate surface area is 153 Å². The van der Waals surface area contributed by atoms with Crippen molar-refractivity contribution < 1.29 is 9.72 Å². The second kappa shape index (κ2) is 8.98. The van der Waals surface area contributed by atoms with Gasteiger partial charge in [-0.1, -0.05) is 6.42 Å². The predicted molar refractivity (Wildman–Crippen MR) is 101 cm³/mol. The lowest BCUT2D eigenvalue weighted by Gasteiger charge is -2.35. The molecule has 0 aliphatic carbocycles. The summed E-state index contributed by atoms with van der Waals surface area (Å²) in [7, 11) is 5.78. The number of non-ortho nitro benzene ring substituents is 1. The van der Waals surface area contributed by atoms with E-state index in [1.807, 2.05) is 4.90 Å². The Hall–Kier alpha value is -1.67. The summed E-state index contributed by atoms with van der Waals surface area (Å²) in [4.78, 5) is 28.3. The van der Waals surface area contributed by atoms with E-state index in [2.05, 4.69) is 19.0 Å². The number of nitro groups is 1. The van der Waals surface area contributed by atoms with Gasteiger partial charge in [0.2, 0.25) is 5.91 Å². The van der Waals surface area contributed by atoms with Crippen LogP contribution in [0.3, 0.4) is 0 Å². The van der Waals surface area contributed by atoms with E-state index < -0.39 is 4.92 Å². The van der Waals surface area contributed by atoms with Crippen molar-refractivity contribution in [3.8, 4) is 0 Å². The maximum absolute atomic E-state index is 12.1. The lowest BCUT2D eigenvalue weighted by molar-refractivity contribution is -0.384. The average Bonchev–Trinajstić information content (AvgIpc) is 2.50. The summed E-state index contributed by atoms with van der Waals surface area (Å²) in [5.74, 6) is -0.0358. The van der Waals surface area contributed by atoms with Crippen LogP contribution in [0, 0.1) is 10.1 Å². The fraction of sp³-hybridized carbons (Fsp3) is 0.562. The molecule has 0 bridgehead atoms. The molecule has 0 saturated carbocycles. The van der Waals surface area contributed by atoms with Crippen molar-refractivity contribution in [3.05, 3.63) is 28.3 Å². The SMILES string of the molecule is Br.CN(C)CCCCCN1CC(=O)N(C)c2cc([N+](=O)[O-])ccc21. The van der Waals surface area contributed by atoms with Crippen LogP contribution < -0.4 is 9.80 Å². The lowest BCUT2D eigenvalue weighted by atomic mass is 10.1. The number of benzene rings is 1. The standard InChI is InChI=1S/C16H24N4O3.BrH/c1-17(2)9-5-4-6-10-19-12-16(21)18(3)15-11-13(20(22)23)7-8-14(15)19;/h7-8,11H,4-6,9-10,12H2,1-3H3;1H. The molecule has 1 amide bonds. The van der Waals surface area contributed by atoms with Crippen molar-refractivity contribution in [2.45, 2.75) is 19.3 Å². The Balaban J connectivity index is 0.00000288. The van der Waals surface area contributed by atoms with Crippen LogP contribution in [0.1, 0.15) is 19.3 Å². The minimum Gasteiger partial charge on any atom is -0.361 e. The number of nitro benzene ring substituents is 1. The number of carbonyl (C=O) groups excluding carboxylic acids is 1. The molecule has 0 saturated heterocycles. The van der Waals surface area contributed by atoms with Gasteiger partial charge in [0.1, 0.15) is 0 Å². The van der Waals surface area contributed by atoms with Crippen LogP contribution >= 0.6 is 17.0 Å². The van der Waals surface area contributed by atoms with Gasteiger partial charge in [-0.15, -0.1) is 17.0 Å². The molecule has 134 valence electrons. The number of unbranched alkanes of at least 4 members (excludes halogenated alkanes) is 2. The first-order chi connectivity index (χ1) is 10.9. The lowest BCUT2D eigenvalue weighted by Crippen LogP contribution is -2.44. The van der Waals surface area contributed by atoms with E-state index in [9.17, 15) is 14.9 Å². The van der Waals surface area contributed by atoms with Crippen molar-refractivity contribution in [1.82, 2.24) is 4.90 Å². The van der Waals surface area contributed by atoms with Crippen molar-refractivity contribution in [2.24, 2.45) is 0 Å². The third kappa shape index (κ3) is 4.91. The number of fused-ring (bicyclic) bond motifs is 1. The highest BCUT2D eigenvalue weighted by Crippen LogP contribution is 2.35. The molecule has 0 fully saturated rings. The van der Waals surface area contributed by atoms with Gasteiger partial charge >= 0.3 is 0 Å². The maximum Gasteiger partial charge on any atom is 0.271 e. The highest BCUT2D eigenvalue weighted by Gasteiger charge is 2.28. The summed E-state index contributed by atoms with van der Waals surface area (Å²) >= 11 is 0. The van der Waals surface area contributed by atoms with E-state index in [0.29, 0.717) is 12.2 Å². The third-order valence-corrected chi connectivity index (χ3v) is 4.11. The van der Waals surface area contributed by atoms with Crippen molar-refractivity contribution >= 4 is 40.0 Å². The van der Waals surface area contributed by atoms with Crippen LogP contribution in [0.15, 0.2) is 18.2 Å². The molecule has 8 heteroatoms. The van der Waals surface area contributed by atoms with Gasteiger partial charge in [0.15, 0.2) is 0 Å². The van der Waals surface area contributed by atoms with Gasteiger partial charge in [-0.05, 0) is 39.5 Å². The Morgan fingerprint density at radius 1 is 1.21 bits per heavy atom. The highest BCUT2D eigenvalue weighted by molar-refractivity contribution is 8.93. The van der Waals surface area contributed by atoms with Gasteiger partial charge in [-0.25, -0.2) is 0 Å². The van der Waals surface area contributed by atoms with E-state index in [1.54, 1.807) is 13.1 Å². The number of hydrogen-bond donors (Lipinski definition) is 0. The number of hydrogen-bond acceptors (Lipinski definition) is 5. The largest absolute Gasteiger partial charge is 0.361 e. The van der Waals surface area contributed by atoms with E-state index >= 15 is 0 Å². The molecule has 0 unspecified atom stereocenters. The average molecular weight is 401 g/mol. The molecule has 7 nitrogen and oxygen atoms in total. The molecule has 2 rings (SSSR count). The number of nitrogens with zero attached hydrogens (tertiary/aromatic N) is 4. The summed E-state index contributed by atoms with van der Waals surface area (Å²) in [5, 5.41) is 10.9. The summed E-state index contributed by atoms with van der Waals surface area (Å²) in [6.45, 7) is 2.18. The molecular weight excluding hydrogens is 376 g/mol. The molecule has 0 atom stereocenters. The molecule has 1 aromatic rings. The van der Waals surface area contributed by atoms with E-state index in [-0.39, 0.29) is 28.6 Å². The van der Waals surface area contributed by atoms with Gasteiger partial charge in [-0.3, -0.25) is 14.9 Å². The molecule has 0 N–H and O–H groups in total. The molecule has 1 aliphatic heterocycles. The predicted octanol–water partition coefficient (Wildman–Crippen LogP) is 2.69. The molecule has 1 aromatic carbocycles. The van der Waals surface area contributed by atoms with Gasteiger partial charge in [0.05, 0.1) is 22.8 Å². The summed E-state index contributed by atoms with van der Waals surface area (Å²) < 4.78 is 0. The fourth-order valence-corrected chi connectivity index (χ4v) is 2.76. The number of anilines is 2. The van der Waals surface area contributed by atoms with Crippen LogP contribution in [0.25, 0.3) is 0 Å². The van der Waals surface area contributed by atoms with Gasteiger partial charge < -0.3 is 14.7 Å². The molecule has 1 heterocycles. The van der Waals surface area contributed by atoms with Crippen molar-refractivity contribution in [1.29, 1.82) is 0 Å². The third-order valence-electron chi connectivity index (χ3n) is 4.11. The van der Waals surface area contributed by atoms with Crippen LogP contribution in [0.4, 0.5) is 17.1 Å². The Morgan fingerprint density at radius 2 is 1.92 bits per heavy atom. The second-order valence-electron chi connectivity index (χ2n) is 6.17. The Morgan fingerprint density at radius 3 is 2.54 bits per heavy atom. The smallest absolute Gasteiger partial charge is 0.271 e.